The highest BCUT2D eigenvalue weighted by atomic mass is 16.5. The molecule has 1 N–H and O–H groups in total. The summed E-state index contributed by atoms with van der Waals surface area (Å²) in [5, 5.41) is 3.65. The second-order valence-corrected chi connectivity index (χ2v) is 8.59. The van der Waals surface area contributed by atoms with Crippen LogP contribution in [0.15, 0.2) is 69.9 Å². The molecule has 0 bridgehead atoms. The van der Waals surface area contributed by atoms with Crippen LogP contribution in [-0.4, -0.2) is 19.6 Å². The van der Waals surface area contributed by atoms with E-state index in [0.29, 0.717) is 39.1 Å². The molecule has 1 heterocycles. The fourth-order valence-electron chi connectivity index (χ4n) is 3.48. The number of ether oxygens (including phenoxy) is 2. The fraction of sp³-hybridized carbons (Fsp3) is 0.231. The summed E-state index contributed by atoms with van der Waals surface area (Å²) < 4.78 is 16.8. The Hall–Kier alpha value is -3.80. The van der Waals surface area contributed by atoms with Crippen molar-refractivity contribution in [2.75, 3.05) is 19.0 Å². The van der Waals surface area contributed by atoms with Gasteiger partial charge in [0.1, 0.15) is 11.3 Å². The quantitative estimate of drug-likeness (QED) is 0.436. The van der Waals surface area contributed by atoms with Crippen LogP contribution in [0, 0.1) is 0 Å². The van der Waals surface area contributed by atoms with Gasteiger partial charge in [-0.2, -0.15) is 0 Å². The monoisotopic (exact) mass is 431 g/mol. The number of benzene rings is 3. The minimum Gasteiger partial charge on any atom is -0.493 e. The van der Waals surface area contributed by atoms with Gasteiger partial charge in [0.25, 0.3) is 5.91 Å². The molecule has 0 spiro atoms. The van der Waals surface area contributed by atoms with Crippen LogP contribution in [-0.2, 0) is 10.2 Å². The minimum atomic E-state index is -0.315. The smallest absolute Gasteiger partial charge is 0.262 e. The van der Waals surface area contributed by atoms with E-state index in [-0.39, 0.29) is 23.4 Å². The lowest BCUT2D eigenvalue weighted by Gasteiger charge is -2.19. The van der Waals surface area contributed by atoms with Crippen LogP contribution < -0.4 is 20.2 Å². The summed E-state index contributed by atoms with van der Waals surface area (Å²) in [5.74, 6) is 0.781. The molecule has 0 saturated carbocycles. The first-order valence-electron chi connectivity index (χ1n) is 10.3. The Bertz CT molecular complexity index is 1350. The predicted octanol–water partition coefficient (Wildman–Crippen LogP) is 5.27. The Morgan fingerprint density at radius 2 is 1.75 bits per heavy atom. The molecule has 3 aromatic carbocycles. The number of rotatable bonds is 5. The third kappa shape index (κ3) is 4.30. The van der Waals surface area contributed by atoms with E-state index in [1.54, 1.807) is 36.4 Å². The third-order valence-corrected chi connectivity index (χ3v) is 5.26. The molecule has 0 radical (unpaired) electrons. The zero-order valence-electron chi connectivity index (χ0n) is 18.5. The highest BCUT2D eigenvalue weighted by molar-refractivity contribution is 5.96. The molecular formula is C26H25NO5. The van der Waals surface area contributed by atoms with Crippen LogP contribution in [0.4, 0.5) is 5.69 Å². The molecule has 4 aromatic rings. The van der Waals surface area contributed by atoms with Gasteiger partial charge in [-0.3, -0.25) is 9.59 Å². The number of para-hydroxylation sites is 1. The van der Waals surface area contributed by atoms with E-state index in [2.05, 4.69) is 26.1 Å². The highest BCUT2D eigenvalue weighted by Gasteiger charge is 2.14. The van der Waals surface area contributed by atoms with Crippen LogP contribution in [0.2, 0.25) is 0 Å². The lowest BCUT2D eigenvalue weighted by atomic mass is 9.87. The first-order chi connectivity index (χ1) is 15.3. The van der Waals surface area contributed by atoms with Gasteiger partial charge in [-0.15, -0.1) is 0 Å². The maximum Gasteiger partial charge on any atom is 0.262 e. The van der Waals surface area contributed by atoms with Crippen LogP contribution >= 0.6 is 0 Å². The number of hydrogen-bond acceptors (Lipinski definition) is 5. The van der Waals surface area contributed by atoms with Crippen molar-refractivity contribution in [1.82, 2.24) is 0 Å². The van der Waals surface area contributed by atoms with Crippen molar-refractivity contribution in [3.8, 4) is 11.5 Å². The maximum atomic E-state index is 12.8. The zero-order chi connectivity index (χ0) is 22.9. The topological polar surface area (TPSA) is 77.8 Å². The van der Waals surface area contributed by atoms with Crippen molar-refractivity contribution < 1.29 is 18.7 Å². The molecule has 4 rings (SSSR count). The first kappa shape index (κ1) is 21.4. The van der Waals surface area contributed by atoms with Gasteiger partial charge in [0, 0.05) is 11.8 Å². The molecule has 6 heteroatoms. The average Bonchev–Trinajstić information content (AvgIpc) is 2.77. The Kier molecular flexibility index (Phi) is 5.61. The third-order valence-electron chi connectivity index (χ3n) is 5.26. The van der Waals surface area contributed by atoms with Gasteiger partial charge in [0.05, 0.1) is 17.9 Å². The van der Waals surface area contributed by atoms with E-state index in [1.165, 1.54) is 12.7 Å². The summed E-state index contributed by atoms with van der Waals surface area (Å²) >= 11 is 0. The maximum absolute atomic E-state index is 12.8. The number of fused-ring (bicyclic) bond motifs is 2. The molecule has 0 aliphatic carbocycles. The summed E-state index contributed by atoms with van der Waals surface area (Å²) in [5.41, 5.74) is 2.33. The van der Waals surface area contributed by atoms with Gasteiger partial charge in [0.2, 0.25) is 5.43 Å². The SMILES string of the molecule is COc1cccc2c(=O)c3ccc(NC(=O)COc4ccc(C(C)(C)C)cc4)cc3oc12. The highest BCUT2D eigenvalue weighted by Crippen LogP contribution is 2.28. The van der Waals surface area contributed by atoms with Gasteiger partial charge in [-0.1, -0.05) is 39.0 Å². The van der Waals surface area contributed by atoms with Crippen LogP contribution in [0.5, 0.6) is 11.5 Å². The fourth-order valence-corrected chi connectivity index (χ4v) is 3.48. The molecule has 1 aromatic heterocycles. The number of methoxy groups -OCH3 is 1. The second-order valence-electron chi connectivity index (χ2n) is 8.59. The Morgan fingerprint density at radius 3 is 2.44 bits per heavy atom. The van der Waals surface area contributed by atoms with Gasteiger partial charge in [0.15, 0.2) is 17.9 Å². The number of carbonyl (C=O) groups excluding carboxylic acids is 1. The van der Waals surface area contributed by atoms with Crippen molar-refractivity contribution >= 4 is 33.5 Å². The van der Waals surface area contributed by atoms with Crippen LogP contribution in [0.1, 0.15) is 26.3 Å². The molecule has 0 aliphatic rings. The van der Waals surface area contributed by atoms with E-state index >= 15 is 0 Å². The van der Waals surface area contributed by atoms with E-state index in [0.717, 1.165) is 0 Å². The normalized spacial score (nSPS) is 11.5. The number of hydrogen-bond donors (Lipinski definition) is 1. The molecular weight excluding hydrogens is 406 g/mol. The largest absolute Gasteiger partial charge is 0.493 e. The summed E-state index contributed by atoms with van der Waals surface area (Å²) in [6, 6.07) is 17.8. The van der Waals surface area contributed by atoms with Crippen molar-refractivity contribution in [2.45, 2.75) is 26.2 Å². The molecule has 164 valence electrons. The molecule has 0 atom stereocenters. The van der Waals surface area contributed by atoms with E-state index in [4.69, 9.17) is 13.9 Å². The molecule has 0 fully saturated rings. The van der Waals surface area contributed by atoms with Crippen molar-refractivity contribution in [3.63, 3.8) is 0 Å². The molecule has 0 unspecified atom stereocenters. The number of nitrogens with one attached hydrogen (secondary N) is 1. The molecule has 1 amide bonds. The average molecular weight is 431 g/mol. The first-order valence-corrected chi connectivity index (χ1v) is 10.3. The van der Waals surface area contributed by atoms with Crippen LogP contribution in [0.25, 0.3) is 21.9 Å². The lowest BCUT2D eigenvalue weighted by Crippen LogP contribution is -2.20. The second kappa shape index (κ2) is 8.38. The molecule has 0 aliphatic heterocycles. The Morgan fingerprint density at radius 1 is 1.00 bits per heavy atom. The number of anilines is 1. The minimum absolute atomic E-state index is 0.0519. The van der Waals surface area contributed by atoms with Crippen molar-refractivity contribution in [3.05, 3.63) is 76.5 Å². The molecule has 32 heavy (non-hydrogen) atoms. The predicted molar refractivity (Wildman–Crippen MR) is 126 cm³/mol. The molecule has 0 saturated heterocycles. The lowest BCUT2D eigenvalue weighted by molar-refractivity contribution is -0.118. The summed E-state index contributed by atoms with van der Waals surface area (Å²) in [4.78, 5) is 25.2. The van der Waals surface area contributed by atoms with Gasteiger partial charge in [-0.05, 0) is 47.4 Å². The Labute approximate surface area is 185 Å². The number of amides is 1. The van der Waals surface area contributed by atoms with Gasteiger partial charge >= 0.3 is 0 Å². The number of carbonyl (C=O) groups is 1. The van der Waals surface area contributed by atoms with E-state index < -0.39 is 0 Å². The van der Waals surface area contributed by atoms with Crippen molar-refractivity contribution in [2.24, 2.45) is 0 Å². The molecule has 6 nitrogen and oxygen atoms in total. The van der Waals surface area contributed by atoms with Crippen LogP contribution in [0.3, 0.4) is 0 Å². The zero-order valence-corrected chi connectivity index (χ0v) is 18.5. The summed E-state index contributed by atoms with van der Waals surface area (Å²) in [7, 11) is 1.52. The van der Waals surface area contributed by atoms with Gasteiger partial charge in [-0.25, -0.2) is 0 Å². The summed E-state index contributed by atoms with van der Waals surface area (Å²) in [6.07, 6.45) is 0. The summed E-state index contributed by atoms with van der Waals surface area (Å²) in [6.45, 7) is 6.28. The van der Waals surface area contributed by atoms with E-state index in [1.807, 2.05) is 24.3 Å². The van der Waals surface area contributed by atoms with Crippen molar-refractivity contribution in [1.29, 1.82) is 0 Å². The Balaban J connectivity index is 1.50. The van der Waals surface area contributed by atoms with Gasteiger partial charge < -0.3 is 19.2 Å². The van der Waals surface area contributed by atoms with E-state index in [9.17, 15) is 9.59 Å². The standard InChI is InChI=1S/C26H25NO5/c1-26(2,3)16-8-11-18(12-9-16)31-15-23(28)27-17-10-13-19-22(14-17)32-25-20(24(19)29)6-5-7-21(25)30-4/h5-14H,15H2,1-4H3,(H,27,28).